The number of nitrogens with zero attached hydrogens (tertiary/aromatic N) is 2. The molecule has 0 saturated carbocycles. The van der Waals surface area contributed by atoms with Crippen LogP contribution in [0.5, 0.6) is 0 Å². The smallest absolute Gasteiger partial charge is 0.411 e. The molecule has 1 saturated heterocycles. The van der Waals surface area contributed by atoms with E-state index in [0.717, 1.165) is 12.1 Å². The Morgan fingerprint density at radius 3 is 2.46 bits per heavy atom. The van der Waals surface area contributed by atoms with Crippen molar-refractivity contribution in [2.24, 2.45) is 5.73 Å². The average molecular weight is 404 g/mol. The lowest BCUT2D eigenvalue weighted by molar-refractivity contribution is -0.120. The fourth-order valence-electron chi connectivity index (χ4n) is 2.52. The summed E-state index contributed by atoms with van der Waals surface area (Å²) in [6, 6.07) is 16.4. The Kier molecular flexibility index (Phi) is 7.87. The molecule has 28 heavy (non-hydrogen) atoms. The molecule has 0 bridgehead atoms. The third-order valence-electron chi connectivity index (χ3n) is 3.72. The van der Waals surface area contributed by atoms with Gasteiger partial charge < -0.3 is 10.5 Å². The van der Waals surface area contributed by atoms with Gasteiger partial charge in [0.2, 0.25) is 0 Å². The molecule has 0 aliphatic carbocycles. The van der Waals surface area contributed by atoms with Gasteiger partial charge in [0.1, 0.15) is 5.60 Å². The Balaban J connectivity index is 0.000000282. The van der Waals surface area contributed by atoms with Crippen LogP contribution in [0.2, 0.25) is 0 Å². The molecule has 6 nitrogen and oxygen atoms in total. The predicted molar refractivity (Wildman–Crippen MR) is 114 cm³/mol. The third kappa shape index (κ3) is 7.23. The number of ether oxygens (including phenoxy) is 1. The van der Waals surface area contributed by atoms with Crippen LogP contribution in [-0.4, -0.2) is 45.2 Å². The van der Waals surface area contributed by atoms with Crippen molar-refractivity contribution in [2.45, 2.75) is 38.2 Å². The highest BCUT2D eigenvalue weighted by molar-refractivity contribution is 8.00. The van der Waals surface area contributed by atoms with Gasteiger partial charge in [0, 0.05) is 32.0 Å². The first-order chi connectivity index (χ1) is 13.3. The maximum atomic E-state index is 11.7. The minimum Gasteiger partial charge on any atom is -0.444 e. The van der Waals surface area contributed by atoms with E-state index in [2.05, 4.69) is 29.2 Å². The van der Waals surface area contributed by atoms with Gasteiger partial charge >= 0.3 is 6.09 Å². The fourth-order valence-corrected chi connectivity index (χ4v) is 3.58. The maximum Gasteiger partial charge on any atom is 0.411 e. The molecular formula is C21H29N3O3S. The predicted octanol–water partition coefficient (Wildman–Crippen LogP) is 3.70. The van der Waals surface area contributed by atoms with E-state index in [4.69, 9.17) is 10.5 Å². The van der Waals surface area contributed by atoms with E-state index in [1.165, 1.54) is 22.2 Å². The number of nitrogens with two attached hydrogens (primary N) is 1. The number of hydrogen-bond acceptors (Lipinski definition) is 5. The normalized spacial score (nSPS) is 16.1. The van der Waals surface area contributed by atoms with E-state index < -0.39 is 23.0 Å². The van der Waals surface area contributed by atoms with Crippen molar-refractivity contribution < 1.29 is 15.8 Å². The summed E-state index contributed by atoms with van der Waals surface area (Å²) in [4.78, 5) is 28.3. The molecule has 1 aliphatic rings. The van der Waals surface area contributed by atoms with Crippen LogP contribution in [0.25, 0.3) is 0 Å². The van der Waals surface area contributed by atoms with Crippen LogP contribution >= 0.6 is 11.8 Å². The number of aromatic nitrogens is 1. The minimum absolute atomic E-state index is 0. The molecule has 2 N–H and O–H groups in total. The number of benzene rings is 1. The third-order valence-corrected chi connectivity index (χ3v) is 4.94. The lowest BCUT2D eigenvalue weighted by Gasteiger charge is -2.26. The Morgan fingerprint density at radius 1 is 1.21 bits per heavy atom. The van der Waals surface area contributed by atoms with Crippen molar-refractivity contribution in [2.75, 3.05) is 12.3 Å². The molecule has 1 aromatic carbocycles. The number of carbonyl (C=O) groups is 2. The van der Waals surface area contributed by atoms with E-state index in [-0.39, 0.29) is 1.43 Å². The molecule has 2 amide bonds. The number of hydrogen-bond donors (Lipinski definition) is 1. The van der Waals surface area contributed by atoms with Crippen LogP contribution in [0, 0.1) is 0 Å². The van der Waals surface area contributed by atoms with E-state index >= 15 is 0 Å². The zero-order valence-corrected chi connectivity index (χ0v) is 17.3. The zero-order valence-electron chi connectivity index (χ0n) is 16.5. The molecule has 1 aromatic heterocycles. The minimum atomic E-state index is -0.583. The summed E-state index contributed by atoms with van der Waals surface area (Å²) in [5.74, 6) is 0.218. The number of thioether (sulfide) groups is 1. The maximum absolute atomic E-state index is 11.7. The molecule has 1 fully saturated rings. The highest BCUT2D eigenvalue weighted by atomic mass is 32.2. The van der Waals surface area contributed by atoms with E-state index in [1.807, 2.05) is 30.5 Å². The van der Waals surface area contributed by atoms with Gasteiger partial charge in [0.25, 0.3) is 5.91 Å². The van der Waals surface area contributed by atoms with Crippen LogP contribution in [0.3, 0.4) is 0 Å². The second-order valence-electron chi connectivity index (χ2n) is 7.28. The highest BCUT2D eigenvalue weighted by Gasteiger charge is 2.35. The largest absolute Gasteiger partial charge is 0.444 e. The summed E-state index contributed by atoms with van der Waals surface area (Å²) in [5, 5.41) is -0.583. The van der Waals surface area contributed by atoms with Crippen LogP contribution < -0.4 is 5.73 Å². The molecule has 2 aromatic rings. The lowest BCUT2D eigenvalue weighted by atomic mass is 10.1. The fraction of sp³-hybridized carbons (Fsp3) is 0.381. The number of rotatable bonds is 3. The Morgan fingerprint density at radius 2 is 1.89 bits per heavy atom. The Labute approximate surface area is 172 Å². The lowest BCUT2D eigenvalue weighted by Crippen LogP contribution is -2.44. The zero-order chi connectivity index (χ0) is 20.6. The van der Waals surface area contributed by atoms with Crippen LogP contribution in [-0.2, 0) is 16.0 Å². The van der Waals surface area contributed by atoms with Crippen molar-refractivity contribution in [3.05, 3.63) is 66.0 Å². The highest BCUT2D eigenvalue weighted by Crippen LogP contribution is 2.25. The molecule has 2 heterocycles. The van der Waals surface area contributed by atoms with Gasteiger partial charge in [0.15, 0.2) is 5.37 Å². The first-order valence-corrected chi connectivity index (χ1v) is 10.2. The van der Waals surface area contributed by atoms with Gasteiger partial charge in [0.05, 0.1) is 0 Å². The quantitative estimate of drug-likeness (QED) is 0.844. The van der Waals surface area contributed by atoms with Gasteiger partial charge in [-0.15, -0.1) is 11.8 Å². The molecule has 1 aliphatic heterocycles. The average Bonchev–Trinajstić information content (AvgIpc) is 3.13. The molecule has 152 valence electrons. The molecular weight excluding hydrogens is 374 g/mol. The van der Waals surface area contributed by atoms with Gasteiger partial charge in [-0.05, 0) is 38.5 Å². The van der Waals surface area contributed by atoms with Gasteiger partial charge in [-0.2, -0.15) is 0 Å². The summed E-state index contributed by atoms with van der Waals surface area (Å²) in [6.45, 7) is 5.86. The van der Waals surface area contributed by atoms with Gasteiger partial charge in [-0.1, -0.05) is 36.4 Å². The monoisotopic (exact) mass is 403 g/mol. The first-order valence-electron chi connectivity index (χ1n) is 9.10. The van der Waals surface area contributed by atoms with Crippen molar-refractivity contribution in [3.63, 3.8) is 0 Å². The van der Waals surface area contributed by atoms with Crippen LogP contribution in [0.15, 0.2) is 54.7 Å². The van der Waals surface area contributed by atoms with Crippen molar-refractivity contribution in [1.82, 2.24) is 9.88 Å². The summed E-state index contributed by atoms with van der Waals surface area (Å²) in [6.07, 6.45) is 2.27. The molecule has 3 rings (SSSR count). The SMILES string of the molecule is CC(C)(C)OC(=O)N1CCSC1C(N)=O.[HH].c1ccc(Cc2ccccn2)cc1. The Hall–Kier alpha value is -2.54. The van der Waals surface area contributed by atoms with Crippen LogP contribution in [0.4, 0.5) is 4.79 Å². The number of amides is 2. The second-order valence-corrected chi connectivity index (χ2v) is 8.47. The van der Waals surface area contributed by atoms with Crippen molar-refractivity contribution in [3.8, 4) is 0 Å². The molecule has 1 unspecified atom stereocenters. The summed E-state index contributed by atoms with van der Waals surface area (Å²) in [7, 11) is 0. The first kappa shape index (κ1) is 21.8. The van der Waals surface area contributed by atoms with E-state index in [1.54, 1.807) is 20.8 Å². The molecule has 1 atom stereocenters. The number of pyridine rings is 1. The Bertz CT molecular complexity index is 732. The van der Waals surface area contributed by atoms with E-state index in [9.17, 15) is 9.59 Å². The number of carbonyl (C=O) groups excluding carboxylic acids is 2. The summed E-state index contributed by atoms with van der Waals surface area (Å²) in [5.41, 5.74) is 7.06. The topological polar surface area (TPSA) is 85.5 Å². The van der Waals surface area contributed by atoms with Gasteiger partial charge in [-0.25, -0.2) is 4.79 Å². The summed E-state index contributed by atoms with van der Waals surface area (Å²) >= 11 is 1.36. The molecule has 0 radical (unpaired) electrons. The van der Waals surface area contributed by atoms with E-state index in [0.29, 0.717) is 12.3 Å². The molecule has 0 spiro atoms. The standard InChI is InChI=1S/C12H11N.C9H16N2O3S.H2/c1-2-6-11(7-3-1)10-12-8-4-5-9-13-12;1-9(2,3)14-8(13)11-4-5-15-7(11)6(10)12;/h1-9H,10H2;7H,4-5H2,1-3H3,(H2,10,12);1H. The van der Waals surface area contributed by atoms with Crippen LogP contribution in [0.1, 0.15) is 33.5 Å². The van der Waals surface area contributed by atoms with Crippen molar-refractivity contribution >= 4 is 23.8 Å². The molecule has 7 heteroatoms. The summed E-state index contributed by atoms with van der Waals surface area (Å²) < 4.78 is 5.17. The van der Waals surface area contributed by atoms with Crippen molar-refractivity contribution in [1.29, 1.82) is 0 Å². The number of primary amides is 1. The van der Waals surface area contributed by atoms with Gasteiger partial charge in [-0.3, -0.25) is 14.7 Å². The second kappa shape index (κ2) is 10.1.